The summed E-state index contributed by atoms with van der Waals surface area (Å²) in [4.78, 5) is 15.4. The number of H-pyrrole nitrogens is 1. The highest BCUT2D eigenvalue weighted by molar-refractivity contribution is 5.81. The molecule has 2 N–H and O–H groups in total. The number of nitrogens with one attached hydrogen (secondary N) is 2. The fraction of sp³-hybridized carbons (Fsp3) is 0.556. The molecule has 15 heavy (non-hydrogen) atoms. The maximum Gasteiger partial charge on any atom is 0.237 e. The van der Waals surface area contributed by atoms with E-state index in [1.54, 1.807) is 0 Å². The van der Waals surface area contributed by atoms with Crippen LogP contribution in [0, 0.1) is 23.2 Å². The fourth-order valence-corrected chi connectivity index (χ4v) is 1.11. The van der Waals surface area contributed by atoms with Crippen LogP contribution in [0.5, 0.6) is 0 Å². The summed E-state index contributed by atoms with van der Waals surface area (Å²) in [6, 6.07) is 1.97. The van der Waals surface area contributed by atoms with E-state index < -0.39 is 5.92 Å². The topological polar surface area (TPSA) is 94.5 Å². The van der Waals surface area contributed by atoms with E-state index in [0.29, 0.717) is 5.82 Å². The predicted octanol–water partition coefficient (Wildman–Crippen LogP) is 0.217. The van der Waals surface area contributed by atoms with Crippen molar-refractivity contribution in [3.63, 3.8) is 0 Å². The van der Waals surface area contributed by atoms with Gasteiger partial charge in [0.05, 0.1) is 12.6 Å². The van der Waals surface area contributed by atoms with Crippen LogP contribution in [0.3, 0.4) is 0 Å². The molecule has 0 aliphatic rings. The van der Waals surface area contributed by atoms with Crippen molar-refractivity contribution in [2.75, 3.05) is 0 Å². The third-order valence-corrected chi connectivity index (χ3v) is 1.98. The van der Waals surface area contributed by atoms with E-state index >= 15 is 0 Å². The van der Waals surface area contributed by atoms with Crippen LogP contribution >= 0.6 is 0 Å². The van der Waals surface area contributed by atoms with Gasteiger partial charge >= 0.3 is 0 Å². The zero-order valence-electron chi connectivity index (χ0n) is 8.69. The molecule has 0 aliphatic carbocycles. The first kappa shape index (κ1) is 11.2. The second kappa shape index (κ2) is 5.10. The third kappa shape index (κ3) is 3.06. The molecule has 6 heteroatoms. The molecule has 80 valence electrons. The first-order chi connectivity index (χ1) is 7.15. The molecule has 1 heterocycles. The van der Waals surface area contributed by atoms with Gasteiger partial charge < -0.3 is 5.32 Å². The molecule has 1 atom stereocenters. The first-order valence-corrected chi connectivity index (χ1v) is 4.66. The number of aromatic amines is 1. The molecule has 1 unspecified atom stereocenters. The fourth-order valence-electron chi connectivity index (χ4n) is 1.11. The Morgan fingerprint density at radius 2 is 2.47 bits per heavy atom. The molecule has 0 aromatic carbocycles. The predicted molar refractivity (Wildman–Crippen MR) is 52.2 cm³/mol. The van der Waals surface area contributed by atoms with E-state index in [0.717, 1.165) is 0 Å². The number of nitriles is 1. The van der Waals surface area contributed by atoms with Gasteiger partial charge in [-0.25, -0.2) is 4.98 Å². The van der Waals surface area contributed by atoms with Crippen LogP contribution in [0.1, 0.15) is 19.7 Å². The highest BCUT2D eigenvalue weighted by atomic mass is 16.1. The zero-order chi connectivity index (χ0) is 11.3. The Balaban J connectivity index is 2.46. The van der Waals surface area contributed by atoms with E-state index in [9.17, 15) is 4.79 Å². The quantitative estimate of drug-likeness (QED) is 0.738. The molecule has 6 nitrogen and oxygen atoms in total. The Morgan fingerprint density at radius 1 is 1.73 bits per heavy atom. The maximum atomic E-state index is 11.5. The SMILES string of the molecule is CC(C)C(C#N)C(=O)NCc1ncn[nH]1. The van der Waals surface area contributed by atoms with Gasteiger partial charge in [-0.2, -0.15) is 10.4 Å². The van der Waals surface area contributed by atoms with Gasteiger partial charge in [-0.3, -0.25) is 9.89 Å². The zero-order valence-corrected chi connectivity index (χ0v) is 8.69. The number of hydrogen-bond acceptors (Lipinski definition) is 4. The van der Waals surface area contributed by atoms with E-state index in [2.05, 4.69) is 20.5 Å². The number of amides is 1. The van der Waals surface area contributed by atoms with Crippen molar-refractivity contribution in [1.29, 1.82) is 5.26 Å². The second-order valence-corrected chi connectivity index (χ2v) is 3.50. The molecule has 0 bridgehead atoms. The Bertz CT molecular complexity index is 351. The molecule has 1 rings (SSSR count). The number of hydrogen-bond donors (Lipinski definition) is 2. The normalized spacial score (nSPS) is 12.1. The molecule has 0 saturated carbocycles. The number of aromatic nitrogens is 3. The number of nitrogens with zero attached hydrogens (tertiary/aromatic N) is 3. The lowest BCUT2D eigenvalue weighted by Crippen LogP contribution is -2.32. The van der Waals surface area contributed by atoms with Crippen molar-refractivity contribution >= 4 is 5.91 Å². The summed E-state index contributed by atoms with van der Waals surface area (Å²) in [6.07, 6.45) is 1.37. The van der Waals surface area contributed by atoms with Crippen molar-refractivity contribution in [3.8, 4) is 6.07 Å². The van der Waals surface area contributed by atoms with Crippen molar-refractivity contribution in [2.24, 2.45) is 11.8 Å². The van der Waals surface area contributed by atoms with Crippen LogP contribution in [0.15, 0.2) is 6.33 Å². The molecular formula is C9H13N5O. The minimum Gasteiger partial charge on any atom is -0.348 e. The first-order valence-electron chi connectivity index (χ1n) is 4.66. The van der Waals surface area contributed by atoms with Crippen molar-refractivity contribution in [1.82, 2.24) is 20.5 Å². The van der Waals surface area contributed by atoms with Crippen molar-refractivity contribution in [3.05, 3.63) is 12.2 Å². The minimum atomic E-state index is -0.618. The van der Waals surface area contributed by atoms with Crippen LogP contribution in [0.4, 0.5) is 0 Å². The summed E-state index contributed by atoms with van der Waals surface area (Å²) in [5.74, 6) is -0.314. The smallest absolute Gasteiger partial charge is 0.237 e. The van der Waals surface area contributed by atoms with Crippen LogP contribution in [0.2, 0.25) is 0 Å². The summed E-state index contributed by atoms with van der Waals surface area (Å²) in [7, 11) is 0. The number of carbonyl (C=O) groups is 1. The van der Waals surface area contributed by atoms with Gasteiger partial charge in [0.15, 0.2) is 0 Å². The molecule has 0 radical (unpaired) electrons. The van der Waals surface area contributed by atoms with Gasteiger partial charge in [-0.15, -0.1) is 0 Å². The summed E-state index contributed by atoms with van der Waals surface area (Å²) in [5.41, 5.74) is 0. The van der Waals surface area contributed by atoms with E-state index in [-0.39, 0.29) is 18.4 Å². The molecule has 0 aliphatic heterocycles. The van der Waals surface area contributed by atoms with E-state index in [1.807, 2.05) is 19.9 Å². The minimum absolute atomic E-state index is 0.00438. The lowest BCUT2D eigenvalue weighted by molar-refractivity contribution is -0.124. The molecule has 0 spiro atoms. The average Bonchev–Trinajstić information content (AvgIpc) is 2.67. The third-order valence-electron chi connectivity index (χ3n) is 1.98. The standard InChI is InChI=1S/C9H13N5O/c1-6(2)7(3-10)9(15)11-4-8-12-5-13-14-8/h5-7H,4H2,1-2H3,(H,11,15)(H,12,13,14). The van der Waals surface area contributed by atoms with Crippen molar-refractivity contribution in [2.45, 2.75) is 20.4 Å². The lowest BCUT2D eigenvalue weighted by atomic mass is 9.97. The Kier molecular flexibility index (Phi) is 3.80. The molecule has 1 aromatic heterocycles. The number of rotatable bonds is 4. The van der Waals surface area contributed by atoms with Crippen LogP contribution < -0.4 is 5.32 Å². The molecule has 1 aromatic rings. The van der Waals surface area contributed by atoms with Gasteiger partial charge in [-0.1, -0.05) is 13.8 Å². The molecule has 1 amide bonds. The number of carbonyl (C=O) groups excluding carboxylic acids is 1. The highest BCUT2D eigenvalue weighted by Crippen LogP contribution is 2.09. The van der Waals surface area contributed by atoms with Gasteiger partial charge in [0.1, 0.15) is 18.1 Å². The second-order valence-electron chi connectivity index (χ2n) is 3.50. The van der Waals surface area contributed by atoms with Gasteiger partial charge in [0.25, 0.3) is 0 Å². The average molecular weight is 207 g/mol. The summed E-state index contributed by atoms with van der Waals surface area (Å²) < 4.78 is 0. The van der Waals surface area contributed by atoms with Crippen molar-refractivity contribution < 1.29 is 4.79 Å². The van der Waals surface area contributed by atoms with Gasteiger partial charge in [-0.05, 0) is 5.92 Å². The lowest BCUT2D eigenvalue weighted by Gasteiger charge is -2.11. The monoisotopic (exact) mass is 207 g/mol. The maximum absolute atomic E-state index is 11.5. The van der Waals surface area contributed by atoms with Crippen LogP contribution in [-0.4, -0.2) is 21.1 Å². The Hall–Kier alpha value is -1.90. The molecular weight excluding hydrogens is 194 g/mol. The summed E-state index contributed by atoms with van der Waals surface area (Å²) in [5, 5.41) is 17.7. The van der Waals surface area contributed by atoms with Gasteiger partial charge in [0, 0.05) is 0 Å². The van der Waals surface area contributed by atoms with E-state index in [1.165, 1.54) is 6.33 Å². The Morgan fingerprint density at radius 3 is 2.93 bits per heavy atom. The Labute approximate surface area is 87.7 Å². The highest BCUT2D eigenvalue weighted by Gasteiger charge is 2.21. The van der Waals surface area contributed by atoms with Gasteiger partial charge in [0.2, 0.25) is 5.91 Å². The molecule has 0 fully saturated rings. The summed E-state index contributed by atoms with van der Waals surface area (Å²) in [6.45, 7) is 3.94. The summed E-state index contributed by atoms with van der Waals surface area (Å²) >= 11 is 0. The largest absolute Gasteiger partial charge is 0.348 e. The molecule has 0 saturated heterocycles. The van der Waals surface area contributed by atoms with E-state index in [4.69, 9.17) is 5.26 Å². The van der Waals surface area contributed by atoms with Crippen LogP contribution in [-0.2, 0) is 11.3 Å². The van der Waals surface area contributed by atoms with Crippen LogP contribution in [0.25, 0.3) is 0 Å².